The molecule has 3 aromatic rings. The Morgan fingerprint density at radius 1 is 1.00 bits per heavy atom. The topological polar surface area (TPSA) is 71.5 Å². The molecule has 2 heterocycles. The van der Waals surface area contributed by atoms with Gasteiger partial charge in [-0.3, -0.25) is 14.6 Å². The minimum Gasteiger partial charge on any atom is -0.454 e. The number of aromatic nitrogens is 1. The Balaban J connectivity index is 1.43. The molecular weight excluding hydrogens is 397 g/mol. The van der Waals surface area contributed by atoms with Gasteiger partial charge in [0.05, 0.1) is 0 Å². The Bertz CT molecular complexity index is 1060. The quantitative estimate of drug-likeness (QED) is 0.654. The average Bonchev–Trinajstić information content (AvgIpc) is 2.82. The molecule has 1 N–H and O–H groups in total. The Labute approximate surface area is 179 Å². The van der Waals surface area contributed by atoms with Crippen LogP contribution >= 0.6 is 0 Å². The van der Waals surface area contributed by atoms with Crippen LogP contribution in [0.4, 0.5) is 10.1 Å². The highest BCUT2D eigenvalue weighted by Crippen LogP contribution is 2.26. The van der Waals surface area contributed by atoms with Crippen molar-refractivity contribution in [2.45, 2.75) is 25.3 Å². The maximum absolute atomic E-state index is 13.7. The van der Waals surface area contributed by atoms with Gasteiger partial charge < -0.3 is 15.0 Å². The molecule has 0 spiro atoms. The molecule has 7 heteroatoms. The zero-order valence-corrected chi connectivity index (χ0v) is 16.8. The predicted octanol–water partition coefficient (Wildman–Crippen LogP) is 4.65. The molecule has 6 nitrogen and oxygen atoms in total. The number of amides is 2. The number of nitrogens with one attached hydrogen (secondary N) is 1. The number of anilines is 1. The number of rotatable bonds is 5. The summed E-state index contributed by atoms with van der Waals surface area (Å²) in [6.07, 6.45) is 3.89. The van der Waals surface area contributed by atoms with Crippen molar-refractivity contribution < 1.29 is 18.7 Å². The van der Waals surface area contributed by atoms with E-state index in [4.69, 9.17) is 4.74 Å². The van der Waals surface area contributed by atoms with Crippen LogP contribution in [0.25, 0.3) is 0 Å². The molecule has 2 amide bonds. The van der Waals surface area contributed by atoms with E-state index in [0.717, 1.165) is 12.8 Å². The number of benzene rings is 2. The number of carbonyl (C=O) groups excluding carboxylic acids is 2. The minimum absolute atomic E-state index is 0.130. The van der Waals surface area contributed by atoms with Gasteiger partial charge in [0.2, 0.25) is 5.91 Å². The number of piperidine rings is 1. The summed E-state index contributed by atoms with van der Waals surface area (Å²) in [5.41, 5.74) is 0.901. The van der Waals surface area contributed by atoms with E-state index in [2.05, 4.69) is 10.3 Å². The number of hydrogen-bond donors (Lipinski definition) is 1. The van der Waals surface area contributed by atoms with Gasteiger partial charge in [-0.2, -0.15) is 0 Å². The van der Waals surface area contributed by atoms with Crippen LogP contribution in [0.5, 0.6) is 11.5 Å². The highest BCUT2D eigenvalue weighted by molar-refractivity contribution is 6.00. The third-order valence-electron chi connectivity index (χ3n) is 5.14. The molecule has 1 aliphatic rings. The summed E-state index contributed by atoms with van der Waals surface area (Å²) < 4.78 is 19.3. The third-order valence-corrected chi connectivity index (χ3v) is 5.14. The highest BCUT2D eigenvalue weighted by Gasteiger charge is 2.33. The fraction of sp³-hybridized carbons (Fsp3) is 0.208. The monoisotopic (exact) mass is 419 g/mol. The van der Waals surface area contributed by atoms with Crippen molar-refractivity contribution in [1.82, 2.24) is 9.88 Å². The van der Waals surface area contributed by atoms with Crippen molar-refractivity contribution in [2.24, 2.45) is 0 Å². The van der Waals surface area contributed by atoms with Gasteiger partial charge >= 0.3 is 0 Å². The number of likely N-dealkylation sites (tertiary alicyclic amines) is 1. The summed E-state index contributed by atoms with van der Waals surface area (Å²) in [4.78, 5) is 31.5. The SMILES string of the molecule is O=C(Nc1ccc(Oc2ccccc2F)cc1)[C@@H]1CCCCN1C(=O)c1ccccn1. The second-order valence-electron chi connectivity index (χ2n) is 7.27. The number of nitrogens with zero attached hydrogens (tertiary/aromatic N) is 2. The van der Waals surface area contributed by atoms with E-state index < -0.39 is 11.9 Å². The molecule has 1 fully saturated rings. The van der Waals surface area contributed by atoms with Crippen molar-refractivity contribution in [3.8, 4) is 11.5 Å². The first-order valence-electron chi connectivity index (χ1n) is 10.2. The second-order valence-corrected chi connectivity index (χ2v) is 7.27. The van der Waals surface area contributed by atoms with E-state index in [1.807, 2.05) is 0 Å². The van der Waals surface area contributed by atoms with E-state index in [0.29, 0.717) is 30.1 Å². The van der Waals surface area contributed by atoms with Gasteiger partial charge in [0.25, 0.3) is 5.91 Å². The van der Waals surface area contributed by atoms with Crippen LogP contribution in [0, 0.1) is 5.82 Å². The van der Waals surface area contributed by atoms with Gasteiger partial charge in [-0.1, -0.05) is 18.2 Å². The first-order chi connectivity index (χ1) is 15.1. The molecule has 1 aliphatic heterocycles. The first-order valence-corrected chi connectivity index (χ1v) is 10.2. The van der Waals surface area contributed by atoms with Crippen LogP contribution in [-0.4, -0.2) is 34.3 Å². The van der Waals surface area contributed by atoms with Gasteiger partial charge in [-0.15, -0.1) is 0 Å². The Kier molecular flexibility index (Phi) is 6.21. The molecule has 0 aliphatic carbocycles. The maximum Gasteiger partial charge on any atom is 0.273 e. The van der Waals surface area contributed by atoms with Crippen molar-refractivity contribution in [3.63, 3.8) is 0 Å². The second kappa shape index (κ2) is 9.38. The molecule has 1 atom stereocenters. The lowest BCUT2D eigenvalue weighted by Crippen LogP contribution is -2.50. The van der Waals surface area contributed by atoms with E-state index >= 15 is 0 Å². The lowest BCUT2D eigenvalue weighted by molar-refractivity contribution is -0.121. The first kappa shape index (κ1) is 20.5. The molecule has 31 heavy (non-hydrogen) atoms. The lowest BCUT2D eigenvalue weighted by Gasteiger charge is -2.34. The number of halogens is 1. The summed E-state index contributed by atoms with van der Waals surface area (Å²) in [6, 6.07) is 17.4. The summed E-state index contributed by atoms with van der Waals surface area (Å²) in [5, 5.41) is 2.87. The van der Waals surface area contributed by atoms with E-state index in [9.17, 15) is 14.0 Å². The molecule has 0 bridgehead atoms. The van der Waals surface area contributed by atoms with Crippen LogP contribution in [0.2, 0.25) is 0 Å². The normalized spacial score (nSPS) is 15.9. The largest absolute Gasteiger partial charge is 0.454 e. The fourth-order valence-corrected chi connectivity index (χ4v) is 3.57. The van der Waals surface area contributed by atoms with Gasteiger partial charge in [-0.25, -0.2) is 4.39 Å². The Hall–Kier alpha value is -3.74. The summed E-state index contributed by atoms with van der Waals surface area (Å²) in [7, 11) is 0. The minimum atomic E-state index is -0.558. The zero-order valence-electron chi connectivity index (χ0n) is 16.8. The van der Waals surface area contributed by atoms with Crippen molar-refractivity contribution in [2.75, 3.05) is 11.9 Å². The average molecular weight is 419 g/mol. The standard InChI is InChI=1S/C24H22FN3O3/c25-19-7-1-2-10-22(19)31-18-13-11-17(12-14-18)27-23(29)21-9-4-6-16-28(21)24(30)20-8-3-5-15-26-20/h1-3,5,7-8,10-15,21H,4,6,9,16H2,(H,27,29)/t21-/m0/s1. The van der Waals surface area contributed by atoms with Crippen LogP contribution in [0.15, 0.2) is 72.9 Å². The molecule has 0 saturated carbocycles. The summed E-state index contributed by atoms with van der Waals surface area (Å²) in [5.74, 6) is -0.353. The number of carbonyl (C=O) groups is 2. The number of para-hydroxylation sites is 1. The molecular formula is C24H22FN3O3. The maximum atomic E-state index is 13.7. The van der Waals surface area contributed by atoms with E-state index in [1.165, 1.54) is 6.07 Å². The smallest absolute Gasteiger partial charge is 0.273 e. The number of ether oxygens (including phenoxy) is 1. The molecule has 2 aromatic carbocycles. The Morgan fingerprint density at radius 2 is 1.77 bits per heavy atom. The molecule has 158 valence electrons. The van der Waals surface area contributed by atoms with E-state index in [-0.39, 0.29) is 17.6 Å². The molecule has 0 unspecified atom stereocenters. The van der Waals surface area contributed by atoms with E-state index in [1.54, 1.807) is 71.8 Å². The van der Waals surface area contributed by atoms with Crippen LogP contribution in [0.1, 0.15) is 29.8 Å². The third kappa shape index (κ3) is 4.88. The predicted molar refractivity (Wildman–Crippen MR) is 114 cm³/mol. The molecule has 4 rings (SSSR count). The van der Waals surface area contributed by atoms with Gasteiger partial charge in [0, 0.05) is 18.4 Å². The van der Waals surface area contributed by atoms with Crippen molar-refractivity contribution in [1.29, 1.82) is 0 Å². The van der Waals surface area contributed by atoms with Crippen LogP contribution in [-0.2, 0) is 4.79 Å². The van der Waals surface area contributed by atoms with Gasteiger partial charge in [0.15, 0.2) is 11.6 Å². The van der Waals surface area contributed by atoms with Gasteiger partial charge in [0.1, 0.15) is 17.5 Å². The molecule has 1 aromatic heterocycles. The number of hydrogen-bond acceptors (Lipinski definition) is 4. The van der Waals surface area contributed by atoms with Crippen molar-refractivity contribution in [3.05, 3.63) is 84.4 Å². The van der Waals surface area contributed by atoms with Gasteiger partial charge in [-0.05, 0) is 67.8 Å². The highest BCUT2D eigenvalue weighted by atomic mass is 19.1. The summed E-state index contributed by atoms with van der Waals surface area (Å²) in [6.45, 7) is 0.517. The van der Waals surface area contributed by atoms with Crippen LogP contribution < -0.4 is 10.1 Å². The fourth-order valence-electron chi connectivity index (χ4n) is 3.57. The summed E-state index contributed by atoms with van der Waals surface area (Å²) >= 11 is 0. The molecule has 0 radical (unpaired) electrons. The molecule has 1 saturated heterocycles. The number of pyridine rings is 1. The van der Waals surface area contributed by atoms with Crippen LogP contribution in [0.3, 0.4) is 0 Å². The van der Waals surface area contributed by atoms with Crippen molar-refractivity contribution >= 4 is 17.5 Å². The lowest BCUT2D eigenvalue weighted by atomic mass is 10.0. The zero-order chi connectivity index (χ0) is 21.6. The Morgan fingerprint density at radius 3 is 2.52 bits per heavy atom.